The van der Waals surface area contributed by atoms with E-state index in [0.717, 1.165) is 6.42 Å². The summed E-state index contributed by atoms with van der Waals surface area (Å²) in [4.78, 5) is 26.5. The van der Waals surface area contributed by atoms with Crippen LogP contribution in [0.25, 0.3) is 11.2 Å². The molecule has 1 saturated heterocycles. The number of ether oxygens (including phenoxy) is 1. The number of aromatic nitrogens is 4. The summed E-state index contributed by atoms with van der Waals surface area (Å²) in [7, 11) is 0. The number of halogens is 3. The van der Waals surface area contributed by atoms with Gasteiger partial charge in [-0.3, -0.25) is 9.36 Å². The number of benzene rings is 1. The molecule has 0 unspecified atom stereocenters. The Labute approximate surface area is 235 Å². The Hall–Kier alpha value is -2.53. The first-order chi connectivity index (χ1) is 18.2. The molecule has 0 spiro atoms. The van der Waals surface area contributed by atoms with Crippen molar-refractivity contribution in [1.82, 2.24) is 19.5 Å². The molecule has 2 atom stereocenters. The normalized spacial score (nSPS) is 25.8. The molecular formula is C25H29Cl3N8O2. The Morgan fingerprint density at radius 2 is 1.89 bits per heavy atom. The first kappa shape index (κ1) is 27.1. The van der Waals surface area contributed by atoms with Crippen LogP contribution >= 0.6 is 34.8 Å². The van der Waals surface area contributed by atoms with Crippen LogP contribution in [0.5, 0.6) is 0 Å². The predicted molar refractivity (Wildman–Crippen MR) is 148 cm³/mol. The summed E-state index contributed by atoms with van der Waals surface area (Å²) in [5.41, 5.74) is 8.33. The molecule has 1 amide bonds. The molecular weight excluding hydrogens is 551 g/mol. The number of imidazole rings is 1. The minimum atomic E-state index is -0.647. The predicted octanol–water partition coefficient (Wildman–Crippen LogP) is 7.05. The van der Waals surface area contributed by atoms with Crippen molar-refractivity contribution in [2.24, 2.45) is 16.4 Å². The highest BCUT2D eigenvalue weighted by atomic mass is 35.5. The molecule has 38 heavy (non-hydrogen) atoms. The standard InChI is InChI=1S/C25H29Cl3N8O2/c1-13-12-38-8-5-18(13)31-23-30-11-19-21(34-23)36(15-3-6-25(2,7-4-15)22(37)35-29)24(32-19)33-20-16(27)9-14(26)10-17(20)28/h9-11,13,15,18,29H,3-8,12H2,1-2H3,(H,32,33)(H,30,31,34)/t13-,15?,18-,25?/m1/s1. The first-order valence-corrected chi connectivity index (χ1v) is 13.7. The van der Waals surface area contributed by atoms with Gasteiger partial charge in [-0.05, 0) is 50.2 Å². The van der Waals surface area contributed by atoms with E-state index in [9.17, 15) is 4.79 Å². The molecule has 13 heteroatoms. The minimum absolute atomic E-state index is 0.0104. The SMILES string of the molecule is C[C@@H]1COCC[C@H]1Nc1ncc2nc(Nc3c(Cl)cc(Cl)cc3Cl)n(C3CCC(C)(C(=O)N=N)CC3)c2n1. The van der Waals surface area contributed by atoms with E-state index in [0.29, 0.717) is 88.6 Å². The second-order valence-corrected chi connectivity index (χ2v) is 11.6. The van der Waals surface area contributed by atoms with Gasteiger partial charge in [0.25, 0.3) is 5.91 Å². The Morgan fingerprint density at radius 3 is 2.55 bits per heavy atom. The molecule has 1 aliphatic carbocycles. The number of anilines is 3. The lowest BCUT2D eigenvalue weighted by Crippen LogP contribution is -2.36. The quantitative estimate of drug-likeness (QED) is 0.267. The summed E-state index contributed by atoms with van der Waals surface area (Å²) in [6.45, 7) is 5.41. The number of carbonyl (C=O) groups is 1. The second kappa shape index (κ2) is 10.9. The largest absolute Gasteiger partial charge is 0.381 e. The summed E-state index contributed by atoms with van der Waals surface area (Å²) >= 11 is 19.1. The molecule has 1 aromatic carbocycles. The van der Waals surface area contributed by atoms with Crippen LogP contribution < -0.4 is 10.6 Å². The van der Waals surface area contributed by atoms with E-state index in [2.05, 4.69) is 27.7 Å². The van der Waals surface area contributed by atoms with Gasteiger partial charge in [-0.1, -0.05) is 48.7 Å². The van der Waals surface area contributed by atoms with Crippen LogP contribution in [0.15, 0.2) is 23.4 Å². The average Bonchev–Trinajstić information content (AvgIpc) is 3.24. The molecule has 0 bridgehead atoms. The fraction of sp³-hybridized carbons (Fsp3) is 0.520. The van der Waals surface area contributed by atoms with Gasteiger partial charge in [-0.15, -0.1) is 5.11 Å². The van der Waals surface area contributed by atoms with Crippen molar-refractivity contribution in [3.05, 3.63) is 33.4 Å². The fourth-order valence-corrected chi connectivity index (χ4v) is 6.19. The van der Waals surface area contributed by atoms with Gasteiger partial charge in [0.2, 0.25) is 11.9 Å². The number of rotatable bonds is 6. The molecule has 3 heterocycles. The van der Waals surface area contributed by atoms with Crippen molar-refractivity contribution in [2.75, 3.05) is 23.8 Å². The van der Waals surface area contributed by atoms with Crippen LogP contribution in [0.2, 0.25) is 15.1 Å². The molecule has 2 aliphatic rings. The van der Waals surface area contributed by atoms with Crippen LogP contribution in [0.3, 0.4) is 0 Å². The van der Waals surface area contributed by atoms with Crippen LogP contribution in [0.4, 0.5) is 17.6 Å². The van der Waals surface area contributed by atoms with E-state index in [1.807, 2.05) is 11.5 Å². The summed E-state index contributed by atoms with van der Waals surface area (Å²) in [5, 5.41) is 11.1. The lowest BCUT2D eigenvalue weighted by Gasteiger charge is -2.35. The van der Waals surface area contributed by atoms with Gasteiger partial charge in [0.15, 0.2) is 5.65 Å². The lowest BCUT2D eigenvalue weighted by molar-refractivity contribution is -0.129. The highest BCUT2D eigenvalue weighted by Crippen LogP contribution is 2.44. The highest BCUT2D eigenvalue weighted by molar-refractivity contribution is 6.41. The molecule has 202 valence electrons. The van der Waals surface area contributed by atoms with E-state index in [1.165, 1.54) is 0 Å². The monoisotopic (exact) mass is 578 g/mol. The van der Waals surface area contributed by atoms with E-state index < -0.39 is 5.41 Å². The van der Waals surface area contributed by atoms with E-state index in [4.69, 9.17) is 55.0 Å². The Bertz CT molecular complexity index is 1350. The zero-order valence-corrected chi connectivity index (χ0v) is 23.4. The molecule has 0 radical (unpaired) electrons. The number of nitrogens with one attached hydrogen (secondary N) is 3. The van der Waals surface area contributed by atoms with Gasteiger partial charge < -0.3 is 15.4 Å². The molecule has 1 saturated carbocycles. The van der Waals surface area contributed by atoms with Gasteiger partial charge in [0.1, 0.15) is 5.52 Å². The lowest BCUT2D eigenvalue weighted by atomic mass is 9.73. The molecule has 2 aromatic heterocycles. The van der Waals surface area contributed by atoms with Gasteiger partial charge in [-0.2, -0.15) is 4.98 Å². The van der Waals surface area contributed by atoms with Crippen molar-refractivity contribution in [2.45, 2.75) is 58.0 Å². The van der Waals surface area contributed by atoms with Crippen LogP contribution in [-0.2, 0) is 9.53 Å². The number of fused-ring (bicyclic) bond motifs is 1. The molecule has 1 aliphatic heterocycles. The van der Waals surface area contributed by atoms with E-state index >= 15 is 0 Å². The smallest absolute Gasteiger partial charge is 0.269 e. The summed E-state index contributed by atoms with van der Waals surface area (Å²) in [6.07, 6.45) is 5.13. The van der Waals surface area contributed by atoms with E-state index in [-0.39, 0.29) is 18.0 Å². The second-order valence-electron chi connectivity index (χ2n) is 10.4. The number of nitrogens with zero attached hydrogens (tertiary/aromatic N) is 5. The maximum atomic E-state index is 12.3. The Kier molecular flexibility index (Phi) is 7.77. The maximum Gasteiger partial charge on any atom is 0.269 e. The molecule has 3 aromatic rings. The van der Waals surface area contributed by atoms with Crippen LogP contribution in [0, 0.1) is 16.9 Å². The molecule has 2 fully saturated rings. The van der Waals surface area contributed by atoms with Crippen molar-refractivity contribution in [3.63, 3.8) is 0 Å². The van der Waals surface area contributed by atoms with Gasteiger partial charge in [0.05, 0.1) is 34.0 Å². The number of carbonyl (C=O) groups excluding carboxylic acids is 1. The van der Waals surface area contributed by atoms with Gasteiger partial charge in [-0.25, -0.2) is 15.5 Å². The van der Waals surface area contributed by atoms with Gasteiger partial charge in [0, 0.05) is 23.7 Å². The molecule has 10 nitrogen and oxygen atoms in total. The van der Waals surface area contributed by atoms with Crippen molar-refractivity contribution < 1.29 is 9.53 Å². The van der Waals surface area contributed by atoms with Crippen molar-refractivity contribution >= 4 is 69.5 Å². The summed E-state index contributed by atoms with van der Waals surface area (Å²) in [6, 6.07) is 3.42. The summed E-state index contributed by atoms with van der Waals surface area (Å²) < 4.78 is 7.61. The fourth-order valence-electron chi connectivity index (χ4n) is 5.28. The Balaban J connectivity index is 1.53. The Morgan fingerprint density at radius 1 is 1.18 bits per heavy atom. The third-order valence-corrected chi connectivity index (χ3v) is 8.49. The van der Waals surface area contributed by atoms with Crippen LogP contribution in [0.1, 0.15) is 52.0 Å². The topological polar surface area (TPSA) is 130 Å². The van der Waals surface area contributed by atoms with Gasteiger partial charge >= 0.3 is 0 Å². The first-order valence-electron chi connectivity index (χ1n) is 12.6. The number of hydrogen-bond acceptors (Lipinski definition) is 8. The summed E-state index contributed by atoms with van der Waals surface area (Å²) in [5.74, 6) is 0.983. The molecule has 5 rings (SSSR count). The maximum absolute atomic E-state index is 12.3. The average molecular weight is 580 g/mol. The van der Waals surface area contributed by atoms with Crippen molar-refractivity contribution in [3.8, 4) is 0 Å². The third-order valence-electron chi connectivity index (χ3n) is 7.67. The zero-order valence-electron chi connectivity index (χ0n) is 21.1. The van der Waals surface area contributed by atoms with E-state index in [1.54, 1.807) is 18.3 Å². The van der Waals surface area contributed by atoms with Crippen LogP contribution in [-0.4, -0.2) is 44.7 Å². The third kappa shape index (κ3) is 5.32. The number of hydrogen-bond donors (Lipinski definition) is 3. The van der Waals surface area contributed by atoms with Crippen molar-refractivity contribution in [1.29, 1.82) is 5.53 Å². The number of amides is 1. The molecule has 3 N–H and O–H groups in total. The zero-order chi connectivity index (χ0) is 27.0. The highest BCUT2D eigenvalue weighted by Gasteiger charge is 2.39. The minimum Gasteiger partial charge on any atom is -0.381 e.